The summed E-state index contributed by atoms with van der Waals surface area (Å²) in [4.78, 5) is 40.2. The molecule has 1 aliphatic heterocycles. The molecule has 2 aromatic rings. The van der Waals surface area contributed by atoms with Crippen LogP contribution in [0.15, 0.2) is 60.7 Å². The lowest BCUT2D eigenvalue weighted by Crippen LogP contribution is -2.40. The lowest BCUT2D eigenvalue weighted by Gasteiger charge is -2.37. The molecule has 0 aromatic heterocycles. The van der Waals surface area contributed by atoms with Gasteiger partial charge in [0.2, 0.25) is 11.8 Å². The maximum atomic E-state index is 13.2. The van der Waals surface area contributed by atoms with Gasteiger partial charge in [-0.15, -0.1) is 0 Å². The van der Waals surface area contributed by atoms with Gasteiger partial charge in [0.15, 0.2) is 12.4 Å². The molecule has 162 valence electrons. The molecular weight excluding hydrogens is 406 g/mol. The van der Waals surface area contributed by atoms with Crippen LogP contribution in [-0.4, -0.2) is 31.3 Å². The number of carbonyl (C=O) groups excluding carboxylic acids is 3. The van der Waals surface area contributed by atoms with Gasteiger partial charge in [-0.2, -0.15) is 0 Å². The zero-order valence-corrected chi connectivity index (χ0v) is 17.6. The fraction of sp³-hybridized carbons (Fsp3) is 0.346. The lowest BCUT2D eigenvalue weighted by molar-refractivity contribution is -0.124. The van der Waals surface area contributed by atoms with E-state index in [9.17, 15) is 14.4 Å². The lowest BCUT2D eigenvalue weighted by atomic mass is 9.63. The Morgan fingerprint density at radius 1 is 0.938 bits per heavy atom. The number of benzene rings is 2. The summed E-state index contributed by atoms with van der Waals surface area (Å²) in [6, 6.07) is 13.7. The predicted octanol–water partition coefficient (Wildman–Crippen LogP) is 3.51. The number of Topliss-reactive ketones (excluding diaryl/α,β-unsaturated/α-hetero) is 1. The number of rotatable bonds is 6. The zero-order valence-electron chi connectivity index (χ0n) is 17.6. The molecule has 5 aliphatic rings. The highest BCUT2D eigenvalue weighted by Gasteiger charge is 2.67. The minimum atomic E-state index is -0.210. The maximum absolute atomic E-state index is 13.2. The van der Waals surface area contributed by atoms with Crippen LogP contribution in [0.3, 0.4) is 0 Å². The summed E-state index contributed by atoms with van der Waals surface area (Å²) in [7, 11) is 1.55. The molecule has 3 fully saturated rings. The van der Waals surface area contributed by atoms with Gasteiger partial charge >= 0.3 is 0 Å². The van der Waals surface area contributed by atoms with Gasteiger partial charge in [-0.1, -0.05) is 24.3 Å². The Morgan fingerprint density at radius 2 is 1.59 bits per heavy atom. The monoisotopic (exact) mass is 429 g/mol. The molecule has 7 rings (SSSR count). The number of amides is 2. The average molecular weight is 429 g/mol. The number of allylic oxidation sites excluding steroid dienone is 2. The van der Waals surface area contributed by atoms with Crippen LogP contribution in [0.2, 0.25) is 0 Å². The number of anilines is 1. The second-order valence-electron chi connectivity index (χ2n) is 9.10. The van der Waals surface area contributed by atoms with E-state index in [0.717, 1.165) is 6.42 Å². The minimum absolute atomic E-state index is 0.0772. The number of hydrogen-bond acceptors (Lipinski definition) is 5. The van der Waals surface area contributed by atoms with Gasteiger partial charge in [-0.25, -0.2) is 0 Å². The van der Waals surface area contributed by atoms with E-state index in [-0.39, 0.29) is 47.9 Å². The van der Waals surface area contributed by atoms with Gasteiger partial charge < -0.3 is 9.47 Å². The Bertz CT molecular complexity index is 1120. The first kappa shape index (κ1) is 19.3. The zero-order chi connectivity index (χ0) is 22.0. The van der Waals surface area contributed by atoms with Crippen LogP contribution in [0, 0.1) is 35.5 Å². The molecule has 6 heteroatoms. The van der Waals surface area contributed by atoms with Crippen LogP contribution in [0.4, 0.5) is 5.69 Å². The highest BCUT2D eigenvalue weighted by Crippen LogP contribution is 2.65. The van der Waals surface area contributed by atoms with Crippen molar-refractivity contribution < 1.29 is 23.9 Å². The van der Waals surface area contributed by atoms with Crippen molar-refractivity contribution in [1.82, 2.24) is 0 Å². The quantitative estimate of drug-likeness (QED) is 0.399. The number of hydrogen-bond donors (Lipinski definition) is 0. The van der Waals surface area contributed by atoms with Crippen molar-refractivity contribution >= 4 is 23.3 Å². The maximum Gasteiger partial charge on any atom is 0.238 e. The van der Waals surface area contributed by atoms with Crippen molar-refractivity contribution in [2.45, 2.75) is 6.42 Å². The number of carbonyl (C=O) groups is 3. The van der Waals surface area contributed by atoms with Gasteiger partial charge in [0.25, 0.3) is 0 Å². The number of imide groups is 1. The standard InChI is InChI=1S/C26H23NO5/c1-31-17-4-2-3-14(11-17)22(28)13-32-16-7-5-15(6-8-16)27-25(29)23-18-9-10-19(21-12-20(18)21)24(23)26(27)30/h2-11,18-21,23-24H,12-13H2,1H3/t18-,19+,20?,21?,23-,24+. The Kier molecular flexibility index (Phi) is 4.25. The first-order valence-electron chi connectivity index (χ1n) is 11.0. The summed E-state index contributed by atoms with van der Waals surface area (Å²) >= 11 is 0. The molecule has 6 atom stereocenters. The second-order valence-corrected chi connectivity index (χ2v) is 9.10. The summed E-state index contributed by atoms with van der Waals surface area (Å²) in [6.45, 7) is -0.115. The van der Waals surface area contributed by atoms with Crippen LogP contribution in [-0.2, 0) is 9.59 Å². The molecule has 32 heavy (non-hydrogen) atoms. The van der Waals surface area contributed by atoms with E-state index in [4.69, 9.17) is 9.47 Å². The van der Waals surface area contributed by atoms with Crippen LogP contribution in [0.5, 0.6) is 11.5 Å². The highest BCUT2D eigenvalue weighted by molar-refractivity contribution is 6.22. The van der Waals surface area contributed by atoms with E-state index < -0.39 is 0 Å². The second kappa shape index (κ2) is 7.05. The molecule has 2 unspecified atom stereocenters. The van der Waals surface area contributed by atoms with Crippen LogP contribution in [0.25, 0.3) is 0 Å². The summed E-state index contributed by atoms with van der Waals surface area (Å²) in [5, 5.41) is 0. The SMILES string of the molecule is COc1cccc(C(=O)COc2ccc(N3C(=O)[C@@H]4[C@H](C3=O)[C@@H]3C=C[C@H]4C4CC43)cc2)c1. The molecule has 2 amide bonds. The van der Waals surface area contributed by atoms with Crippen molar-refractivity contribution in [2.75, 3.05) is 18.6 Å². The third-order valence-corrected chi connectivity index (χ3v) is 7.52. The predicted molar refractivity (Wildman–Crippen MR) is 116 cm³/mol. The topological polar surface area (TPSA) is 72.9 Å². The van der Waals surface area contributed by atoms with Gasteiger partial charge in [0, 0.05) is 5.56 Å². The van der Waals surface area contributed by atoms with Gasteiger partial charge in [-0.05, 0) is 66.5 Å². The Balaban J connectivity index is 1.15. The third-order valence-electron chi connectivity index (χ3n) is 7.52. The van der Waals surface area contributed by atoms with Crippen molar-refractivity contribution in [2.24, 2.45) is 35.5 Å². The van der Waals surface area contributed by atoms with Crippen molar-refractivity contribution in [3.8, 4) is 11.5 Å². The molecule has 6 nitrogen and oxygen atoms in total. The summed E-state index contributed by atoms with van der Waals surface area (Å²) in [5.74, 6) is 1.97. The smallest absolute Gasteiger partial charge is 0.238 e. The first-order valence-corrected chi connectivity index (χ1v) is 11.0. The fourth-order valence-electron chi connectivity index (χ4n) is 5.93. The molecular formula is C26H23NO5. The molecule has 1 saturated heterocycles. The van der Waals surface area contributed by atoms with Crippen LogP contribution in [0.1, 0.15) is 16.8 Å². The molecule has 2 bridgehead atoms. The third kappa shape index (κ3) is 2.82. The Labute approximate surface area is 185 Å². The van der Waals surface area contributed by atoms with E-state index in [1.54, 1.807) is 55.6 Å². The molecule has 0 spiro atoms. The van der Waals surface area contributed by atoms with Crippen molar-refractivity contribution in [3.05, 3.63) is 66.2 Å². The average Bonchev–Trinajstić information content (AvgIpc) is 3.61. The van der Waals surface area contributed by atoms with E-state index in [2.05, 4.69) is 12.2 Å². The number of ketones is 1. The number of methoxy groups -OCH3 is 1. The highest BCUT2D eigenvalue weighted by atomic mass is 16.5. The van der Waals surface area contributed by atoms with Crippen LogP contribution < -0.4 is 14.4 Å². The molecule has 0 radical (unpaired) electrons. The minimum Gasteiger partial charge on any atom is -0.497 e. The summed E-state index contributed by atoms with van der Waals surface area (Å²) in [6.07, 6.45) is 5.49. The molecule has 2 aromatic carbocycles. The van der Waals surface area contributed by atoms with Gasteiger partial charge in [0.1, 0.15) is 11.5 Å². The van der Waals surface area contributed by atoms with Gasteiger partial charge in [0.05, 0.1) is 24.6 Å². The van der Waals surface area contributed by atoms with E-state index >= 15 is 0 Å². The normalized spacial score (nSPS) is 31.3. The van der Waals surface area contributed by atoms with E-state index in [1.807, 2.05) is 0 Å². The number of ether oxygens (including phenoxy) is 2. The van der Waals surface area contributed by atoms with E-state index in [1.165, 1.54) is 4.90 Å². The van der Waals surface area contributed by atoms with Crippen molar-refractivity contribution in [1.29, 1.82) is 0 Å². The Morgan fingerprint density at radius 3 is 2.22 bits per heavy atom. The molecule has 1 heterocycles. The van der Waals surface area contributed by atoms with Crippen molar-refractivity contribution in [3.63, 3.8) is 0 Å². The largest absolute Gasteiger partial charge is 0.497 e. The molecule has 2 saturated carbocycles. The van der Waals surface area contributed by atoms with Gasteiger partial charge in [-0.3, -0.25) is 19.3 Å². The first-order chi connectivity index (χ1) is 15.6. The Hall–Kier alpha value is -3.41. The molecule has 4 aliphatic carbocycles. The van der Waals surface area contributed by atoms with E-state index in [0.29, 0.717) is 34.6 Å². The summed E-state index contributed by atoms with van der Waals surface area (Å²) < 4.78 is 10.8. The van der Waals surface area contributed by atoms with Crippen LogP contribution >= 0.6 is 0 Å². The molecule has 0 N–H and O–H groups in total. The number of nitrogens with zero attached hydrogens (tertiary/aromatic N) is 1. The summed E-state index contributed by atoms with van der Waals surface area (Å²) in [5.41, 5.74) is 1.08. The fourth-order valence-corrected chi connectivity index (χ4v) is 5.93.